The van der Waals surface area contributed by atoms with Crippen LogP contribution < -0.4 is 5.32 Å². The van der Waals surface area contributed by atoms with Crippen LogP contribution in [0.4, 0.5) is 0 Å². The van der Waals surface area contributed by atoms with Gasteiger partial charge in [0.1, 0.15) is 0 Å². The maximum atomic E-state index is 8.36. The van der Waals surface area contributed by atoms with Gasteiger partial charge in [0.2, 0.25) is 0 Å². The van der Waals surface area contributed by atoms with E-state index in [0.717, 1.165) is 12.8 Å². The van der Waals surface area contributed by atoms with E-state index in [9.17, 15) is 0 Å². The van der Waals surface area contributed by atoms with E-state index in [-0.39, 0.29) is 18.5 Å². The second-order valence-corrected chi connectivity index (χ2v) is 4.14. The van der Waals surface area contributed by atoms with Crippen LogP contribution in [0, 0.1) is 0 Å². The van der Waals surface area contributed by atoms with Crippen LogP contribution in [0.2, 0.25) is 0 Å². The molecule has 0 saturated carbocycles. The molecule has 0 spiro atoms. The molecule has 0 fully saturated rings. The van der Waals surface area contributed by atoms with E-state index in [2.05, 4.69) is 36.5 Å². The number of aliphatic hydroxyl groups excluding tert-OH is 1. The Hall–Kier alpha value is -0.570. The van der Waals surface area contributed by atoms with Crippen molar-refractivity contribution in [3.05, 3.63) is 35.9 Å². The highest BCUT2D eigenvalue weighted by Crippen LogP contribution is 2.01. The fourth-order valence-electron chi connectivity index (χ4n) is 1.07. The molecule has 2 nitrogen and oxygen atoms in total. The Morgan fingerprint density at radius 1 is 1.18 bits per heavy atom. The lowest BCUT2D eigenvalue weighted by Gasteiger charge is -2.08. The smallest absolute Gasteiger partial charge is 0.0509 e. The summed E-state index contributed by atoms with van der Waals surface area (Å²) in [4.78, 5) is 0. The van der Waals surface area contributed by atoms with Crippen molar-refractivity contribution in [2.45, 2.75) is 45.8 Å². The Kier molecular flexibility index (Phi) is 13.2. The lowest BCUT2D eigenvalue weighted by molar-refractivity contribution is 0.191. The summed E-state index contributed by atoms with van der Waals surface area (Å²) < 4.78 is 0. The van der Waals surface area contributed by atoms with Crippen molar-refractivity contribution < 1.29 is 5.11 Å². The summed E-state index contributed by atoms with van der Waals surface area (Å²) in [5.74, 6) is 0. The minimum Gasteiger partial charge on any atom is -0.393 e. The fraction of sp³-hybridized carbons (Fsp3) is 0.571. The topological polar surface area (TPSA) is 32.3 Å². The largest absolute Gasteiger partial charge is 0.393 e. The van der Waals surface area contributed by atoms with Gasteiger partial charge in [-0.05, 0) is 39.3 Å². The van der Waals surface area contributed by atoms with Gasteiger partial charge >= 0.3 is 0 Å². The van der Waals surface area contributed by atoms with Crippen LogP contribution in [0.3, 0.4) is 0 Å². The van der Waals surface area contributed by atoms with Gasteiger partial charge in [-0.3, -0.25) is 0 Å². The second kappa shape index (κ2) is 11.9. The van der Waals surface area contributed by atoms with Gasteiger partial charge in [0.25, 0.3) is 0 Å². The first kappa shape index (κ1) is 18.8. The third kappa shape index (κ3) is 11.7. The number of halogens is 1. The molecule has 0 aliphatic rings. The summed E-state index contributed by atoms with van der Waals surface area (Å²) in [6.07, 6.45) is 1.85. The Morgan fingerprint density at radius 2 is 1.65 bits per heavy atom. The minimum atomic E-state index is -0.116. The van der Waals surface area contributed by atoms with Gasteiger partial charge in [0, 0.05) is 6.04 Å². The molecule has 1 aromatic carbocycles. The van der Waals surface area contributed by atoms with Crippen LogP contribution in [-0.2, 0) is 6.42 Å². The number of nitrogens with one attached hydrogen (secondary N) is 1. The number of likely N-dealkylation sites (N-methyl/N-ethyl adjacent to an activating group) is 1. The van der Waals surface area contributed by atoms with Crippen LogP contribution in [0.25, 0.3) is 0 Å². The van der Waals surface area contributed by atoms with Gasteiger partial charge in [-0.25, -0.2) is 0 Å². The van der Waals surface area contributed by atoms with Crippen molar-refractivity contribution in [3.8, 4) is 0 Å². The molecule has 0 aliphatic heterocycles. The highest BCUT2D eigenvalue weighted by Gasteiger charge is 1.97. The molecule has 2 N–H and O–H groups in total. The zero-order chi connectivity index (χ0) is 12.4. The number of benzene rings is 1. The average molecular weight is 260 g/mol. The molecule has 0 heterocycles. The molecular weight excluding hydrogens is 234 g/mol. The second-order valence-electron chi connectivity index (χ2n) is 4.14. The van der Waals surface area contributed by atoms with Gasteiger partial charge in [-0.15, -0.1) is 12.4 Å². The van der Waals surface area contributed by atoms with Crippen LogP contribution in [0.5, 0.6) is 0 Å². The lowest BCUT2D eigenvalue weighted by Crippen LogP contribution is -2.23. The number of hydrogen-bond donors (Lipinski definition) is 2. The van der Waals surface area contributed by atoms with E-state index in [1.807, 2.05) is 20.0 Å². The van der Waals surface area contributed by atoms with E-state index in [0.29, 0.717) is 6.04 Å². The Balaban J connectivity index is 0. The SMILES string of the molecule is CCC(C)O.CN[C@@H](C)Cc1ccccc1.Cl. The van der Waals surface area contributed by atoms with Crippen molar-refractivity contribution >= 4 is 12.4 Å². The zero-order valence-electron chi connectivity index (χ0n) is 11.3. The zero-order valence-corrected chi connectivity index (χ0v) is 12.1. The van der Waals surface area contributed by atoms with E-state index < -0.39 is 0 Å². The van der Waals surface area contributed by atoms with Gasteiger partial charge < -0.3 is 10.4 Å². The molecule has 2 atom stereocenters. The lowest BCUT2D eigenvalue weighted by atomic mass is 10.1. The van der Waals surface area contributed by atoms with Crippen LogP contribution in [0.15, 0.2) is 30.3 Å². The van der Waals surface area contributed by atoms with E-state index in [1.54, 1.807) is 6.92 Å². The average Bonchev–Trinajstić information content (AvgIpc) is 2.31. The Labute approximate surface area is 112 Å². The maximum Gasteiger partial charge on any atom is 0.0509 e. The first-order valence-electron chi connectivity index (χ1n) is 5.99. The van der Waals surface area contributed by atoms with Crippen molar-refractivity contribution in [2.75, 3.05) is 7.05 Å². The van der Waals surface area contributed by atoms with Gasteiger partial charge in [-0.1, -0.05) is 37.3 Å². The summed E-state index contributed by atoms with van der Waals surface area (Å²) >= 11 is 0. The highest BCUT2D eigenvalue weighted by molar-refractivity contribution is 5.85. The predicted octanol–water partition coefficient (Wildman–Crippen LogP) is 3.04. The molecule has 17 heavy (non-hydrogen) atoms. The molecule has 0 saturated heterocycles. The summed E-state index contributed by atoms with van der Waals surface area (Å²) in [6, 6.07) is 11.1. The maximum absolute atomic E-state index is 8.36. The molecular formula is C14H26ClNO. The molecule has 1 rings (SSSR count). The van der Waals surface area contributed by atoms with E-state index >= 15 is 0 Å². The van der Waals surface area contributed by atoms with Crippen molar-refractivity contribution in [2.24, 2.45) is 0 Å². The van der Waals surface area contributed by atoms with Gasteiger partial charge in [0.15, 0.2) is 0 Å². The summed E-state index contributed by atoms with van der Waals surface area (Å²) in [6.45, 7) is 5.91. The van der Waals surface area contributed by atoms with E-state index in [1.165, 1.54) is 5.56 Å². The van der Waals surface area contributed by atoms with Gasteiger partial charge in [-0.2, -0.15) is 0 Å². The predicted molar refractivity (Wildman–Crippen MR) is 77.9 cm³/mol. The molecule has 100 valence electrons. The quantitative estimate of drug-likeness (QED) is 0.871. The van der Waals surface area contributed by atoms with Crippen molar-refractivity contribution in [1.82, 2.24) is 5.32 Å². The molecule has 3 heteroatoms. The molecule has 0 aromatic heterocycles. The van der Waals surface area contributed by atoms with E-state index in [4.69, 9.17) is 5.11 Å². The van der Waals surface area contributed by atoms with Crippen LogP contribution in [0.1, 0.15) is 32.8 Å². The third-order valence-electron chi connectivity index (χ3n) is 2.47. The minimum absolute atomic E-state index is 0. The number of aliphatic hydroxyl groups is 1. The van der Waals surface area contributed by atoms with Crippen LogP contribution in [-0.4, -0.2) is 24.3 Å². The summed E-state index contributed by atoms with van der Waals surface area (Å²) in [5.41, 5.74) is 1.40. The highest BCUT2D eigenvalue weighted by atomic mass is 35.5. The Bertz CT molecular complexity index is 252. The summed E-state index contributed by atoms with van der Waals surface area (Å²) in [5, 5.41) is 11.6. The van der Waals surface area contributed by atoms with Crippen LogP contribution >= 0.6 is 12.4 Å². The molecule has 1 unspecified atom stereocenters. The molecule has 0 radical (unpaired) electrons. The normalized spacial score (nSPS) is 12.8. The van der Waals surface area contributed by atoms with Crippen molar-refractivity contribution in [1.29, 1.82) is 0 Å². The molecule has 0 aliphatic carbocycles. The number of hydrogen-bond acceptors (Lipinski definition) is 2. The third-order valence-corrected chi connectivity index (χ3v) is 2.47. The summed E-state index contributed by atoms with van der Waals surface area (Å²) in [7, 11) is 1.99. The number of rotatable bonds is 4. The molecule has 1 aromatic rings. The van der Waals surface area contributed by atoms with Crippen molar-refractivity contribution in [3.63, 3.8) is 0 Å². The molecule has 0 bridgehead atoms. The first-order valence-corrected chi connectivity index (χ1v) is 5.99. The fourth-order valence-corrected chi connectivity index (χ4v) is 1.07. The first-order chi connectivity index (χ1) is 7.60. The Morgan fingerprint density at radius 3 is 2.00 bits per heavy atom. The standard InChI is InChI=1S/C10H15N.C4H10O.ClH/c1-9(11-2)8-10-6-4-3-5-7-10;1-3-4(2)5;/h3-7,9,11H,8H2,1-2H3;4-5H,3H2,1-2H3;1H/t9-;;/m0../s1. The van der Waals surface area contributed by atoms with Gasteiger partial charge in [0.05, 0.1) is 6.10 Å². The molecule has 0 amide bonds. The monoisotopic (exact) mass is 259 g/mol.